The Hall–Kier alpha value is -1.41. The molecule has 1 aromatic carbocycles. The molecule has 1 aromatic rings. The zero-order valence-corrected chi connectivity index (χ0v) is 14.3. The van der Waals surface area contributed by atoms with Crippen molar-refractivity contribution in [1.82, 2.24) is 0 Å². The number of nitrogen functional groups attached to an aromatic ring is 2. The van der Waals surface area contributed by atoms with Crippen LogP contribution in [-0.2, 0) is 15.5 Å². The van der Waals surface area contributed by atoms with Gasteiger partial charge in [0.05, 0.1) is 28.1 Å². The molecule has 1 aliphatic heterocycles. The molecule has 1 fully saturated rings. The molecule has 0 radical (unpaired) electrons. The molecule has 0 aliphatic carbocycles. The number of alkyl halides is 3. The van der Waals surface area contributed by atoms with Gasteiger partial charge in [-0.25, -0.2) is 0 Å². The summed E-state index contributed by atoms with van der Waals surface area (Å²) >= 11 is 0. The molecule has 2 rings (SSSR count). The first kappa shape index (κ1) is 19.6. The number of hydrogen-bond donors (Lipinski definition) is 2. The van der Waals surface area contributed by atoms with E-state index < -0.39 is 35.7 Å². The summed E-state index contributed by atoms with van der Waals surface area (Å²) in [4.78, 5) is 0. The molecule has 1 heterocycles. The van der Waals surface area contributed by atoms with Crippen molar-refractivity contribution < 1.29 is 22.5 Å². The minimum absolute atomic E-state index is 0.164. The molecule has 130 valence electrons. The normalized spacial score (nSPS) is 19.3. The number of hydrogen-bond acceptors (Lipinski definition) is 4. The standard InChI is InChI=1S/C13H18BF3N2O2.C2H6/c1-11(2)12(3,4)21-14(20-11)8-6-5-7(13(15,16)17)9(18)10(8)19;1-2/h5-6H,18-19H2,1-4H3;1-2H3. The molecule has 4 nitrogen and oxygen atoms in total. The van der Waals surface area contributed by atoms with E-state index in [-0.39, 0.29) is 5.69 Å². The Kier molecular flexibility index (Phi) is 5.33. The minimum atomic E-state index is -4.55. The number of nitrogens with two attached hydrogens (primary N) is 2. The third-order valence-corrected chi connectivity index (χ3v) is 4.13. The lowest BCUT2D eigenvalue weighted by molar-refractivity contribution is -0.136. The van der Waals surface area contributed by atoms with Crippen molar-refractivity contribution in [3.63, 3.8) is 0 Å². The molecule has 0 bridgehead atoms. The van der Waals surface area contributed by atoms with E-state index in [9.17, 15) is 13.2 Å². The van der Waals surface area contributed by atoms with Crippen LogP contribution in [0.2, 0.25) is 0 Å². The third kappa shape index (κ3) is 3.58. The number of halogens is 3. The molecule has 4 N–H and O–H groups in total. The molecule has 8 heteroatoms. The van der Waals surface area contributed by atoms with Crippen LogP contribution in [-0.4, -0.2) is 18.3 Å². The Morgan fingerprint density at radius 1 is 0.913 bits per heavy atom. The highest BCUT2D eigenvalue weighted by Crippen LogP contribution is 2.39. The van der Waals surface area contributed by atoms with E-state index in [0.717, 1.165) is 6.07 Å². The summed E-state index contributed by atoms with van der Waals surface area (Å²) in [5.41, 5.74) is 8.73. The van der Waals surface area contributed by atoms with Gasteiger partial charge in [-0.15, -0.1) is 0 Å². The second kappa shape index (κ2) is 6.24. The van der Waals surface area contributed by atoms with E-state index in [1.54, 1.807) is 0 Å². The molecule has 1 aliphatic rings. The lowest BCUT2D eigenvalue weighted by Gasteiger charge is -2.32. The topological polar surface area (TPSA) is 70.5 Å². The number of rotatable bonds is 1. The van der Waals surface area contributed by atoms with Crippen LogP contribution in [0, 0.1) is 0 Å². The summed E-state index contributed by atoms with van der Waals surface area (Å²) in [7, 11) is -0.848. The van der Waals surface area contributed by atoms with Crippen molar-refractivity contribution in [1.29, 1.82) is 0 Å². The average Bonchev–Trinajstić information content (AvgIpc) is 2.62. The molecule has 0 aromatic heterocycles. The van der Waals surface area contributed by atoms with Gasteiger partial charge in [0.15, 0.2) is 0 Å². The highest BCUT2D eigenvalue weighted by molar-refractivity contribution is 6.64. The summed E-state index contributed by atoms with van der Waals surface area (Å²) in [6.07, 6.45) is -4.55. The predicted molar refractivity (Wildman–Crippen MR) is 87.3 cm³/mol. The van der Waals surface area contributed by atoms with Crippen molar-refractivity contribution >= 4 is 24.0 Å². The number of benzene rings is 1. The van der Waals surface area contributed by atoms with Crippen LogP contribution in [0.3, 0.4) is 0 Å². The summed E-state index contributed by atoms with van der Waals surface area (Å²) < 4.78 is 49.9. The first-order valence-electron chi connectivity index (χ1n) is 7.47. The summed E-state index contributed by atoms with van der Waals surface area (Å²) in [6.45, 7) is 11.4. The second-order valence-electron chi connectivity index (χ2n) is 6.12. The molecule has 0 spiro atoms. The van der Waals surface area contributed by atoms with Gasteiger partial charge in [0.2, 0.25) is 0 Å². The van der Waals surface area contributed by atoms with Gasteiger partial charge in [0.25, 0.3) is 0 Å². The lowest BCUT2D eigenvalue weighted by Crippen LogP contribution is -2.41. The number of anilines is 2. The molecule has 0 amide bonds. The van der Waals surface area contributed by atoms with E-state index >= 15 is 0 Å². The third-order valence-electron chi connectivity index (χ3n) is 4.13. The van der Waals surface area contributed by atoms with Crippen molar-refractivity contribution in [2.75, 3.05) is 11.5 Å². The quantitative estimate of drug-likeness (QED) is 0.612. The lowest BCUT2D eigenvalue weighted by atomic mass is 9.77. The van der Waals surface area contributed by atoms with Gasteiger partial charge in [-0.1, -0.05) is 19.9 Å². The minimum Gasteiger partial charge on any atom is -0.399 e. The van der Waals surface area contributed by atoms with Gasteiger partial charge in [-0.3, -0.25) is 0 Å². The molecule has 0 saturated carbocycles. The fourth-order valence-electron chi connectivity index (χ4n) is 2.08. The Morgan fingerprint density at radius 3 is 1.74 bits per heavy atom. The van der Waals surface area contributed by atoms with Gasteiger partial charge in [-0.05, 0) is 33.8 Å². The van der Waals surface area contributed by atoms with E-state index in [4.69, 9.17) is 20.8 Å². The predicted octanol–water partition coefficient (Wildman–Crippen LogP) is 3.20. The molecule has 0 atom stereocenters. The van der Waals surface area contributed by atoms with E-state index in [2.05, 4.69) is 0 Å². The first-order chi connectivity index (χ1) is 10.4. The maximum Gasteiger partial charge on any atom is 0.497 e. The fraction of sp³-hybridized carbons (Fsp3) is 0.600. The summed E-state index contributed by atoms with van der Waals surface area (Å²) in [5.74, 6) is 0. The van der Waals surface area contributed by atoms with Crippen LogP contribution < -0.4 is 16.9 Å². The van der Waals surface area contributed by atoms with Crippen LogP contribution in [0.4, 0.5) is 24.5 Å². The Bertz CT molecular complexity index is 559. The fourth-order valence-corrected chi connectivity index (χ4v) is 2.08. The monoisotopic (exact) mass is 332 g/mol. The first-order valence-corrected chi connectivity index (χ1v) is 7.47. The second-order valence-corrected chi connectivity index (χ2v) is 6.12. The smallest absolute Gasteiger partial charge is 0.399 e. The van der Waals surface area contributed by atoms with Gasteiger partial charge in [-0.2, -0.15) is 13.2 Å². The zero-order chi connectivity index (χ0) is 18.2. The highest BCUT2D eigenvalue weighted by Gasteiger charge is 2.52. The van der Waals surface area contributed by atoms with Gasteiger partial charge in [0, 0.05) is 5.46 Å². The largest absolute Gasteiger partial charge is 0.497 e. The highest BCUT2D eigenvalue weighted by atomic mass is 19.4. The maximum atomic E-state index is 12.8. The molecule has 0 unspecified atom stereocenters. The van der Waals surface area contributed by atoms with Crippen LogP contribution >= 0.6 is 0 Å². The molecule has 1 saturated heterocycles. The van der Waals surface area contributed by atoms with E-state index in [1.165, 1.54) is 6.07 Å². The molecular weight excluding hydrogens is 308 g/mol. The molecule has 23 heavy (non-hydrogen) atoms. The average molecular weight is 332 g/mol. The summed E-state index contributed by atoms with van der Waals surface area (Å²) in [5, 5.41) is 0. The Labute approximate surface area is 135 Å². The summed E-state index contributed by atoms with van der Waals surface area (Å²) in [6, 6.07) is 2.14. The van der Waals surface area contributed by atoms with Crippen molar-refractivity contribution in [2.24, 2.45) is 0 Å². The van der Waals surface area contributed by atoms with Crippen LogP contribution in [0.5, 0.6) is 0 Å². The van der Waals surface area contributed by atoms with Crippen LogP contribution in [0.25, 0.3) is 0 Å². The zero-order valence-electron chi connectivity index (χ0n) is 14.3. The Balaban J connectivity index is 0.00000127. The van der Waals surface area contributed by atoms with Gasteiger partial charge < -0.3 is 20.8 Å². The van der Waals surface area contributed by atoms with Crippen LogP contribution in [0.15, 0.2) is 12.1 Å². The maximum absolute atomic E-state index is 12.8. The van der Waals surface area contributed by atoms with E-state index in [0.29, 0.717) is 5.46 Å². The SMILES string of the molecule is CC.CC1(C)OB(c2ccc(C(F)(F)F)c(N)c2N)OC1(C)C. The van der Waals surface area contributed by atoms with E-state index in [1.807, 2.05) is 41.5 Å². The van der Waals surface area contributed by atoms with Crippen LogP contribution in [0.1, 0.15) is 47.1 Å². The van der Waals surface area contributed by atoms with Crippen molar-refractivity contribution in [2.45, 2.75) is 58.9 Å². The van der Waals surface area contributed by atoms with Gasteiger partial charge in [0.1, 0.15) is 0 Å². The molecular formula is C15H24BF3N2O2. The van der Waals surface area contributed by atoms with Crippen molar-refractivity contribution in [3.05, 3.63) is 17.7 Å². The van der Waals surface area contributed by atoms with Gasteiger partial charge >= 0.3 is 13.3 Å². The van der Waals surface area contributed by atoms with Crippen molar-refractivity contribution in [3.8, 4) is 0 Å². The Morgan fingerprint density at radius 2 is 1.35 bits per heavy atom.